The average molecular weight is 404 g/mol. The molecule has 0 atom stereocenters. The maximum absolute atomic E-state index is 12.3. The number of unbranched alkanes of at least 4 members (excludes halogenated alkanes) is 1. The summed E-state index contributed by atoms with van der Waals surface area (Å²) in [6.45, 7) is 2.69. The Hall–Kier alpha value is -1.84. The van der Waals surface area contributed by atoms with Gasteiger partial charge < -0.3 is 10.0 Å². The third-order valence-electron chi connectivity index (χ3n) is 3.37. The van der Waals surface area contributed by atoms with E-state index in [0.29, 0.717) is 16.7 Å². The molecule has 2 N–H and O–H groups in total. The Morgan fingerprint density at radius 2 is 2.16 bits per heavy atom. The summed E-state index contributed by atoms with van der Waals surface area (Å²) in [6, 6.07) is 4.13. The highest BCUT2D eigenvalue weighted by atomic mass is 35.5. The number of aromatic carboxylic acids is 1. The number of pyridine rings is 1. The molecular formula is C15H18ClN3O4S2. The number of halogens is 1. The van der Waals surface area contributed by atoms with Crippen LogP contribution in [0.1, 0.15) is 30.1 Å². The number of hydrogen-bond acceptors (Lipinski definition) is 6. The fourth-order valence-electron chi connectivity index (χ4n) is 2.12. The minimum Gasteiger partial charge on any atom is -0.478 e. The molecule has 0 aliphatic rings. The number of thiophene rings is 1. The topological polar surface area (TPSA) is 99.6 Å². The number of nitrogens with one attached hydrogen (secondary N) is 1. The zero-order valence-electron chi connectivity index (χ0n) is 13.7. The number of carboxylic acids is 1. The van der Waals surface area contributed by atoms with Gasteiger partial charge in [-0.1, -0.05) is 24.9 Å². The van der Waals surface area contributed by atoms with Crippen LogP contribution >= 0.6 is 22.9 Å². The van der Waals surface area contributed by atoms with Gasteiger partial charge >= 0.3 is 5.97 Å². The second-order valence-corrected chi connectivity index (χ2v) is 8.96. The molecule has 2 rings (SSSR count). The van der Waals surface area contributed by atoms with E-state index in [1.54, 1.807) is 11.9 Å². The van der Waals surface area contributed by atoms with Crippen molar-refractivity contribution in [1.29, 1.82) is 0 Å². The Morgan fingerprint density at radius 1 is 1.44 bits per heavy atom. The summed E-state index contributed by atoms with van der Waals surface area (Å²) in [5.41, 5.74) is 0.0116. The molecule has 136 valence electrons. The predicted octanol–water partition coefficient (Wildman–Crippen LogP) is 3.53. The van der Waals surface area contributed by atoms with Crippen LogP contribution in [0.3, 0.4) is 0 Å². The number of anilines is 2. The number of sulfonamides is 1. The molecule has 25 heavy (non-hydrogen) atoms. The van der Waals surface area contributed by atoms with Gasteiger partial charge in [0.25, 0.3) is 10.0 Å². The highest BCUT2D eigenvalue weighted by Gasteiger charge is 2.20. The van der Waals surface area contributed by atoms with Crippen molar-refractivity contribution in [3.8, 4) is 0 Å². The Kier molecular flexibility index (Phi) is 6.26. The van der Waals surface area contributed by atoms with Crippen molar-refractivity contribution in [2.45, 2.75) is 24.0 Å². The summed E-state index contributed by atoms with van der Waals surface area (Å²) >= 11 is 6.68. The van der Waals surface area contributed by atoms with Crippen molar-refractivity contribution in [3.05, 3.63) is 34.3 Å². The minimum absolute atomic E-state index is 0.0403. The molecule has 0 aliphatic heterocycles. The van der Waals surface area contributed by atoms with Crippen LogP contribution in [0, 0.1) is 0 Å². The summed E-state index contributed by atoms with van der Waals surface area (Å²) in [5, 5.41) is 9.42. The van der Waals surface area contributed by atoms with Crippen molar-refractivity contribution >= 4 is 50.4 Å². The number of rotatable bonds is 8. The molecule has 0 spiro atoms. The fourth-order valence-corrected chi connectivity index (χ4v) is 4.64. The number of hydrogen-bond donors (Lipinski definition) is 2. The van der Waals surface area contributed by atoms with Gasteiger partial charge in [-0.05, 0) is 24.6 Å². The van der Waals surface area contributed by atoms with Gasteiger partial charge in [0.2, 0.25) is 0 Å². The highest BCUT2D eigenvalue weighted by molar-refractivity contribution is 7.94. The van der Waals surface area contributed by atoms with Crippen molar-refractivity contribution in [2.24, 2.45) is 0 Å². The van der Waals surface area contributed by atoms with Gasteiger partial charge in [-0.3, -0.25) is 4.72 Å². The predicted molar refractivity (Wildman–Crippen MR) is 99.5 cm³/mol. The van der Waals surface area contributed by atoms with Crippen molar-refractivity contribution in [1.82, 2.24) is 4.98 Å². The third-order valence-corrected chi connectivity index (χ3v) is 6.48. The van der Waals surface area contributed by atoms with Crippen molar-refractivity contribution in [3.63, 3.8) is 0 Å². The molecular weight excluding hydrogens is 386 g/mol. The molecule has 2 aromatic rings. The SMILES string of the molecule is CCCCN(C)c1ncc(NS(=O)(=O)c2ccc(Cl)s2)cc1C(=O)O. The Bertz CT molecular complexity index is 867. The van der Waals surface area contributed by atoms with Gasteiger partial charge in [-0.15, -0.1) is 11.3 Å². The monoisotopic (exact) mass is 403 g/mol. The Balaban J connectivity index is 2.31. The van der Waals surface area contributed by atoms with E-state index in [2.05, 4.69) is 9.71 Å². The van der Waals surface area contributed by atoms with Crippen LogP contribution in [0.25, 0.3) is 0 Å². The fraction of sp³-hybridized carbons (Fsp3) is 0.333. The van der Waals surface area contributed by atoms with E-state index in [4.69, 9.17) is 11.6 Å². The first-order valence-corrected chi connectivity index (χ1v) is 10.1. The van der Waals surface area contributed by atoms with E-state index in [-0.39, 0.29) is 15.5 Å². The molecule has 0 bridgehead atoms. The number of aromatic nitrogens is 1. The smallest absolute Gasteiger partial charge is 0.339 e. The van der Waals surface area contributed by atoms with Crippen LogP contribution in [-0.4, -0.2) is 38.1 Å². The summed E-state index contributed by atoms with van der Waals surface area (Å²) in [6.07, 6.45) is 3.16. The lowest BCUT2D eigenvalue weighted by Gasteiger charge is -2.20. The van der Waals surface area contributed by atoms with Crippen LogP contribution in [0.5, 0.6) is 0 Å². The first kappa shape index (κ1) is 19.5. The molecule has 0 radical (unpaired) electrons. The second kappa shape index (κ2) is 8.03. The molecule has 7 nitrogen and oxygen atoms in total. The maximum Gasteiger partial charge on any atom is 0.339 e. The van der Waals surface area contributed by atoms with Gasteiger partial charge in [0.05, 0.1) is 16.2 Å². The Labute approximate surface area is 155 Å². The van der Waals surface area contributed by atoms with Gasteiger partial charge in [0, 0.05) is 13.6 Å². The van der Waals surface area contributed by atoms with Crippen LogP contribution < -0.4 is 9.62 Å². The highest BCUT2D eigenvalue weighted by Crippen LogP contribution is 2.28. The minimum atomic E-state index is -3.84. The molecule has 2 heterocycles. The van der Waals surface area contributed by atoms with E-state index in [0.717, 1.165) is 24.2 Å². The van der Waals surface area contributed by atoms with Gasteiger partial charge in [-0.25, -0.2) is 18.2 Å². The lowest BCUT2D eigenvalue weighted by molar-refractivity contribution is 0.0697. The van der Waals surface area contributed by atoms with Gasteiger partial charge in [0.15, 0.2) is 0 Å². The normalized spacial score (nSPS) is 11.3. The van der Waals surface area contributed by atoms with Crippen LogP contribution in [-0.2, 0) is 10.0 Å². The van der Waals surface area contributed by atoms with E-state index in [1.165, 1.54) is 24.4 Å². The first-order chi connectivity index (χ1) is 11.7. The van der Waals surface area contributed by atoms with E-state index in [1.807, 2.05) is 6.92 Å². The third kappa shape index (κ3) is 4.83. The summed E-state index contributed by atoms with van der Waals surface area (Å²) < 4.78 is 27.3. The largest absolute Gasteiger partial charge is 0.478 e. The molecule has 0 unspecified atom stereocenters. The molecule has 0 saturated heterocycles. The van der Waals surface area contributed by atoms with E-state index >= 15 is 0 Å². The average Bonchev–Trinajstić information content (AvgIpc) is 2.99. The van der Waals surface area contributed by atoms with E-state index in [9.17, 15) is 18.3 Å². The maximum atomic E-state index is 12.3. The van der Waals surface area contributed by atoms with E-state index < -0.39 is 16.0 Å². The molecule has 10 heteroatoms. The number of carbonyl (C=O) groups is 1. The summed E-state index contributed by atoms with van der Waals surface area (Å²) in [7, 11) is -2.09. The summed E-state index contributed by atoms with van der Waals surface area (Å²) in [4.78, 5) is 17.4. The van der Waals surface area contributed by atoms with Crippen LogP contribution in [0.2, 0.25) is 4.34 Å². The zero-order chi connectivity index (χ0) is 18.6. The van der Waals surface area contributed by atoms with Crippen molar-refractivity contribution in [2.75, 3.05) is 23.2 Å². The Morgan fingerprint density at radius 3 is 2.72 bits per heavy atom. The standard InChI is InChI=1S/C15H18ClN3O4S2/c1-3-4-7-19(2)14-11(15(20)21)8-10(9-17-14)18-25(22,23)13-6-5-12(16)24-13/h5-6,8-9,18H,3-4,7H2,1-2H3,(H,20,21). The molecule has 0 aliphatic carbocycles. The summed E-state index contributed by atoms with van der Waals surface area (Å²) in [5.74, 6) is -0.880. The molecule has 2 aromatic heterocycles. The van der Waals surface area contributed by atoms with Gasteiger partial charge in [-0.2, -0.15) is 0 Å². The lowest BCUT2D eigenvalue weighted by Crippen LogP contribution is -2.23. The van der Waals surface area contributed by atoms with Crippen molar-refractivity contribution < 1.29 is 18.3 Å². The molecule has 0 aromatic carbocycles. The zero-order valence-corrected chi connectivity index (χ0v) is 16.1. The molecule has 0 saturated carbocycles. The molecule has 0 amide bonds. The second-order valence-electron chi connectivity index (χ2n) is 5.34. The quantitative estimate of drug-likeness (QED) is 0.699. The first-order valence-electron chi connectivity index (χ1n) is 7.47. The number of carboxylic acid groups (broad SMARTS) is 1. The lowest BCUT2D eigenvalue weighted by atomic mass is 10.2. The van der Waals surface area contributed by atoms with Gasteiger partial charge in [0.1, 0.15) is 15.6 Å². The number of nitrogens with zero attached hydrogens (tertiary/aromatic N) is 2. The molecule has 0 fully saturated rings. The van der Waals surface area contributed by atoms with Crippen LogP contribution in [0.4, 0.5) is 11.5 Å². The van der Waals surface area contributed by atoms with Crippen LogP contribution in [0.15, 0.2) is 28.6 Å².